The number of benzene rings is 1. The Morgan fingerprint density at radius 1 is 1.03 bits per heavy atom. The number of imidazole rings is 1. The second kappa shape index (κ2) is 8.51. The zero-order valence-electron chi connectivity index (χ0n) is 18.5. The highest BCUT2D eigenvalue weighted by Crippen LogP contribution is 2.34. The summed E-state index contributed by atoms with van der Waals surface area (Å²) in [5.74, 6) is 0.403. The summed E-state index contributed by atoms with van der Waals surface area (Å²) in [6, 6.07) is 8.63. The number of hydrogen-bond donors (Lipinski definition) is 0. The Hall–Kier alpha value is -4.26. The Kier molecular flexibility index (Phi) is 5.17. The summed E-state index contributed by atoms with van der Waals surface area (Å²) < 4.78 is 42.2. The molecule has 11 nitrogen and oxygen atoms in total. The average molecular weight is 479 g/mol. The van der Waals surface area contributed by atoms with Gasteiger partial charge in [0.15, 0.2) is 22.8 Å². The maximum absolute atomic E-state index is 14.3. The maximum Gasteiger partial charge on any atom is 0.296 e. The van der Waals surface area contributed by atoms with Crippen LogP contribution in [0, 0.1) is 0 Å². The number of alkyl halides is 2. The van der Waals surface area contributed by atoms with Gasteiger partial charge in [-0.15, -0.1) is 5.10 Å². The van der Waals surface area contributed by atoms with E-state index in [1.165, 1.54) is 16.4 Å². The Labute approximate surface area is 197 Å². The fraction of sp³-hybridized carbons (Fsp3) is 0.273. The predicted molar refractivity (Wildman–Crippen MR) is 121 cm³/mol. The van der Waals surface area contributed by atoms with Crippen molar-refractivity contribution in [3.63, 3.8) is 0 Å². The molecule has 5 heterocycles. The van der Waals surface area contributed by atoms with Crippen LogP contribution in [0.15, 0.2) is 42.7 Å². The van der Waals surface area contributed by atoms with Gasteiger partial charge in [-0.3, -0.25) is 9.55 Å². The number of anilines is 1. The molecule has 0 amide bonds. The van der Waals surface area contributed by atoms with Gasteiger partial charge in [0.2, 0.25) is 5.95 Å². The van der Waals surface area contributed by atoms with Gasteiger partial charge in [-0.05, 0) is 24.3 Å². The normalized spacial score (nSPS) is 14.3. The van der Waals surface area contributed by atoms with Crippen LogP contribution < -0.4 is 9.64 Å². The number of ether oxygens (including phenoxy) is 2. The van der Waals surface area contributed by atoms with E-state index in [1.807, 2.05) is 4.90 Å². The zero-order chi connectivity index (χ0) is 23.9. The lowest BCUT2D eigenvalue weighted by molar-refractivity contribution is 0.122. The number of methoxy groups -OCH3 is 1. The minimum absolute atomic E-state index is 0.151. The summed E-state index contributed by atoms with van der Waals surface area (Å²) in [4.78, 5) is 19.7. The van der Waals surface area contributed by atoms with E-state index < -0.39 is 12.2 Å². The quantitative estimate of drug-likeness (QED) is 0.376. The van der Waals surface area contributed by atoms with E-state index in [0.717, 1.165) is 0 Å². The molecular weight excluding hydrogens is 460 g/mol. The summed E-state index contributed by atoms with van der Waals surface area (Å²) in [6.07, 6.45) is 0.381. The summed E-state index contributed by atoms with van der Waals surface area (Å²) in [7, 11) is 1.47. The van der Waals surface area contributed by atoms with E-state index in [1.54, 1.807) is 42.7 Å². The van der Waals surface area contributed by atoms with E-state index in [-0.39, 0.29) is 11.3 Å². The van der Waals surface area contributed by atoms with Crippen LogP contribution in [0.1, 0.15) is 12.2 Å². The molecule has 13 heteroatoms. The molecule has 35 heavy (non-hydrogen) atoms. The number of fused-ring (bicyclic) bond motifs is 2. The molecule has 1 fully saturated rings. The number of morpholine rings is 1. The topological polar surface area (TPSA) is 109 Å². The number of pyridine rings is 1. The number of aromatic nitrogens is 8. The molecule has 1 aliphatic rings. The monoisotopic (exact) mass is 479 g/mol. The molecule has 0 saturated carbocycles. The Morgan fingerprint density at radius 3 is 2.63 bits per heavy atom. The van der Waals surface area contributed by atoms with Crippen molar-refractivity contribution < 1.29 is 18.3 Å². The van der Waals surface area contributed by atoms with Crippen molar-refractivity contribution in [3.8, 4) is 17.3 Å². The fourth-order valence-corrected chi connectivity index (χ4v) is 4.13. The third-order valence-electron chi connectivity index (χ3n) is 5.76. The highest BCUT2D eigenvalue weighted by Gasteiger charge is 2.28. The summed E-state index contributed by atoms with van der Waals surface area (Å²) in [5.41, 5.74) is 1.93. The zero-order valence-corrected chi connectivity index (χ0v) is 18.5. The van der Waals surface area contributed by atoms with Gasteiger partial charge in [0.05, 0.1) is 37.7 Å². The molecule has 0 spiro atoms. The van der Waals surface area contributed by atoms with Gasteiger partial charge in [0, 0.05) is 19.3 Å². The molecular formula is C22H19F2N9O2. The van der Waals surface area contributed by atoms with Crippen molar-refractivity contribution >= 4 is 28.1 Å². The van der Waals surface area contributed by atoms with Gasteiger partial charge in [0.25, 0.3) is 6.43 Å². The Bertz CT molecular complexity index is 1510. The third-order valence-corrected chi connectivity index (χ3v) is 5.76. The predicted octanol–water partition coefficient (Wildman–Crippen LogP) is 2.73. The molecule has 0 aliphatic carbocycles. The fourth-order valence-electron chi connectivity index (χ4n) is 4.13. The standard InChI is InChI=1S/C22H19F2N9O2/c1-34-15-6-2-5-14-16(15)26-21(18(23)24)32(14)19-17-20(28-22(27-19)31-8-10-35-11-9-31)33(30-29-17)13-4-3-7-25-12-13/h2-7,12,18H,8-11H2,1H3. The van der Waals surface area contributed by atoms with Crippen LogP contribution in [0.5, 0.6) is 5.75 Å². The van der Waals surface area contributed by atoms with Crippen LogP contribution in [-0.4, -0.2) is 72.9 Å². The second-order valence-electron chi connectivity index (χ2n) is 7.77. The maximum atomic E-state index is 14.3. The Balaban J connectivity index is 1.67. The van der Waals surface area contributed by atoms with Crippen LogP contribution in [0.25, 0.3) is 33.7 Å². The molecule has 0 bridgehead atoms. The molecule has 6 rings (SSSR count). The van der Waals surface area contributed by atoms with Crippen LogP contribution in [0.2, 0.25) is 0 Å². The number of halogens is 2. The van der Waals surface area contributed by atoms with E-state index in [4.69, 9.17) is 19.4 Å². The summed E-state index contributed by atoms with van der Waals surface area (Å²) in [6.45, 7) is 2.12. The van der Waals surface area contributed by atoms with E-state index in [9.17, 15) is 8.78 Å². The third kappa shape index (κ3) is 3.51. The molecule has 178 valence electrons. The first-order valence-corrected chi connectivity index (χ1v) is 10.9. The molecule has 0 atom stereocenters. The second-order valence-corrected chi connectivity index (χ2v) is 7.77. The number of para-hydroxylation sites is 1. The number of rotatable bonds is 5. The largest absolute Gasteiger partial charge is 0.494 e. The Morgan fingerprint density at radius 2 is 1.89 bits per heavy atom. The van der Waals surface area contributed by atoms with E-state index in [0.29, 0.717) is 60.4 Å². The number of nitrogens with zero attached hydrogens (tertiary/aromatic N) is 9. The minimum atomic E-state index is -2.88. The highest BCUT2D eigenvalue weighted by atomic mass is 19.3. The van der Waals surface area contributed by atoms with Crippen molar-refractivity contribution in [3.05, 3.63) is 48.5 Å². The van der Waals surface area contributed by atoms with Crippen LogP contribution in [0.3, 0.4) is 0 Å². The minimum Gasteiger partial charge on any atom is -0.494 e. The van der Waals surface area contributed by atoms with Crippen molar-refractivity contribution in [2.75, 3.05) is 38.3 Å². The molecule has 0 unspecified atom stereocenters. The van der Waals surface area contributed by atoms with Gasteiger partial charge in [0.1, 0.15) is 11.3 Å². The first kappa shape index (κ1) is 21.3. The highest BCUT2D eigenvalue weighted by molar-refractivity contribution is 5.88. The number of hydrogen-bond acceptors (Lipinski definition) is 9. The SMILES string of the molecule is COc1cccc2c1nc(C(F)F)n2-c1nc(N2CCOCC2)nc2c1nnn2-c1cccnc1. The summed E-state index contributed by atoms with van der Waals surface area (Å²) >= 11 is 0. The van der Waals surface area contributed by atoms with E-state index in [2.05, 4.69) is 20.3 Å². The van der Waals surface area contributed by atoms with Crippen molar-refractivity contribution in [2.45, 2.75) is 6.43 Å². The van der Waals surface area contributed by atoms with E-state index >= 15 is 0 Å². The van der Waals surface area contributed by atoms with Crippen LogP contribution in [-0.2, 0) is 4.74 Å². The lowest BCUT2D eigenvalue weighted by Gasteiger charge is -2.27. The molecule has 1 aromatic carbocycles. The molecule has 4 aromatic heterocycles. The summed E-state index contributed by atoms with van der Waals surface area (Å²) in [5, 5.41) is 8.52. The van der Waals surface area contributed by atoms with Crippen molar-refractivity contribution in [2.24, 2.45) is 0 Å². The van der Waals surface area contributed by atoms with Gasteiger partial charge in [-0.2, -0.15) is 14.6 Å². The molecule has 5 aromatic rings. The molecule has 1 saturated heterocycles. The lowest BCUT2D eigenvalue weighted by Crippen LogP contribution is -2.37. The smallest absolute Gasteiger partial charge is 0.296 e. The van der Waals surface area contributed by atoms with Gasteiger partial charge >= 0.3 is 0 Å². The molecule has 0 radical (unpaired) electrons. The van der Waals surface area contributed by atoms with Crippen molar-refractivity contribution in [1.82, 2.24) is 39.5 Å². The van der Waals surface area contributed by atoms with Crippen LogP contribution >= 0.6 is 0 Å². The van der Waals surface area contributed by atoms with Gasteiger partial charge in [-0.1, -0.05) is 11.3 Å². The molecule has 1 aliphatic heterocycles. The lowest BCUT2D eigenvalue weighted by atomic mass is 10.3. The first-order valence-electron chi connectivity index (χ1n) is 10.9. The van der Waals surface area contributed by atoms with Crippen molar-refractivity contribution in [1.29, 1.82) is 0 Å². The molecule has 0 N–H and O–H groups in total. The van der Waals surface area contributed by atoms with Gasteiger partial charge < -0.3 is 14.4 Å². The van der Waals surface area contributed by atoms with Crippen LogP contribution in [0.4, 0.5) is 14.7 Å². The average Bonchev–Trinajstić information content (AvgIpc) is 3.51. The van der Waals surface area contributed by atoms with Gasteiger partial charge in [-0.25, -0.2) is 13.8 Å². The first-order chi connectivity index (χ1) is 17.2.